The average Bonchev–Trinajstić information content (AvgIpc) is 2.75. The third-order valence-corrected chi connectivity index (χ3v) is 3.01. The molecule has 0 spiro atoms. The van der Waals surface area contributed by atoms with Crippen LogP contribution in [0.1, 0.15) is 5.69 Å². The van der Waals surface area contributed by atoms with E-state index in [4.69, 9.17) is 11.6 Å². The van der Waals surface area contributed by atoms with Gasteiger partial charge >= 0.3 is 0 Å². The fourth-order valence-electron chi connectivity index (χ4n) is 1.78. The third-order valence-electron chi connectivity index (χ3n) is 2.77. The van der Waals surface area contributed by atoms with E-state index in [2.05, 4.69) is 10.4 Å². The maximum Gasteiger partial charge on any atom is 0.292 e. The molecule has 1 heterocycles. The van der Waals surface area contributed by atoms with Crippen molar-refractivity contribution in [1.82, 2.24) is 9.78 Å². The molecule has 1 aromatic heterocycles. The Morgan fingerprint density at radius 1 is 1.47 bits per heavy atom. The van der Waals surface area contributed by atoms with Crippen molar-refractivity contribution in [3.05, 3.63) is 51.3 Å². The quantitative estimate of drug-likeness (QED) is 0.675. The Morgan fingerprint density at radius 3 is 2.89 bits per heavy atom. The molecule has 0 aliphatic carbocycles. The summed E-state index contributed by atoms with van der Waals surface area (Å²) in [7, 11) is 1.86. The Kier molecular flexibility index (Phi) is 4.01. The van der Waals surface area contributed by atoms with Gasteiger partial charge in [-0.05, 0) is 18.2 Å². The summed E-state index contributed by atoms with van der Waals surface area (Å²) in [4.78, 5) is 10.5. The van der Waals surface area contributed by atoms with Crippen LogP contribution >= 0.6 is 11.6 Å². The third kappa shape index (κ3) is 3.23. The molecule has 0 saturated carbocycles. The molecule has 0 aliphatic heterocycles. The molecule has 6 nitrogen and oxygen atoms in total. The summed E-state index contributed by atoms with van der Waals surface area (Å²) < 4.78 is 1.77. The van der Waals surface area contributed by atoms with Gasteiger partial charge in [0.25, 0.3) is 5.69 Å². The van der Waals surface area contributed by atoms with Gasteiger partial charge in [0, 0.05) is 43.0 Å². The minimum atomic E-state index is -0.428. The highest BCUT2D eigenvalue weighted by atomic mass is 35.5. The van der Waals surface area contributed by atoms with Gasteiger partial charge in [0.1, 0.15) is 5.69 Å². The van der Waals surface area contributed by atoms with Crippen LogP contribution in [-0.2, 0) is 13.5 Å². The molecule has 1 aromatic carbocycles. The van der Waals surface area contributed by atoms with Crippen molar-refractivity contribution in [1.29, 1.82) is 0 Å². The Labute approximate surface area is 115 Å². The normalized spacial score (nSPS) is 10.4. The predicted molar refractivity (Wildman–Crippen MR) is 73.5 cm³/mol. The van der Waals surface area contributed by atoms with Gasteiger partial charge in [-0.3, -0.25) is 14.8 Å². The van der Waals surface area contributed by atoms with E-state index in [1.165, 1.54) is 12.1 Å². The summed E-state index contributed by atoms with van der Waals surface area (Å²) in [5.74, 6) is 0. The zero-order valence-electron chi connectivity index (χ0n) is 10.3. The maximum absolute atomic E-state index is 10.9. The molecule has 0 amide bonds. The van der Waals surface area contributed by atoms with Gasteiger partial charge in [-0.15, -0.1) is 0 Å². The van der Waals surface area contributed by atoms with Crippen molar-refractivity contribution >= 4 is 23.0 Å². The minimum Gasteiger partial charge on any atom is -0.379 e. The van der Waals surface area contributed by atoms with E-state index in [-0.39, 0.29) is 5.69 Å². The number of aromatic nitrogens is 2. The van der Waals surface area contributed by atoms with Crippen LogP contribution in [-0.4, -0.2) is 21.2 Å². The molecule has 0 saturated heterocycles. The Bertz CT molecular complexity index is 597. The number of halogens is 1. The lowest BCUT2D eigenvalue weighted by Crippen LogP contribution is -2.09. The monoisotopic (exact) mass is 280 g/mol. The molecule has 1 N–H and O–H groups in total. The van der Waals surface area contributed by atoms with Crippen molar-refractivity contribution in [2.75, 3.05) is 11.9 Å². The van der Waals surface area contributed by atoms with Crippen molar-refractivity contribution in [3.8, 4) is 0 Å². The smallest absolute Gasteiger partial charge is 0.292 e. The Balaban J connectivity index is 2.05. The number of anilines is 1. The van der Waals surface area contributed by atoms with E-state index in [9.17, 15) is 10.1 Å². The van der Waals surface area contributed by atoms with Crippen LogP contribution in [0.2, 0.25) is 5.02 Å². The number of nitrogens with zero attached hydrogens (tertiary/aromatic N) is 3. The second-order valence-electron chi connectivity index (χ2n) is 4.04. The topological polar surface area (TPSA) is 73.0 Å². The average molecular weight is 281 g/mol. The van der Waals surface area contributed by atoms with Crippen LogP contribution < -0.4 is 5.32 Å². The zero-order valence-corrected chi connectivity index (χ0v) is 11.1. The second kappa shape index (κ2) is 5.71. The standard InChI is InChI=1S/C12H13ClN4O2/c1-16-10(5-7-15-16)4-6-14-11-8-9(13)2-3-12(11)17(18)19/h2-3,5,7-8,14H,4,6H2,1H3. The first-order valence-electron chi connectivity index (χ1n) is 5.72. The molecule has 0 atom stereocenters. The molecule has 19 heavy (non-hydrogen) atoms. The van der Waals surface area contributed by atoms with Crippen LogP contribution in [0.25, 0.3) is 0 Å². The van der Waals surface area contributed by atoms with Crippen LogP contribution in [0.4, 0.5) is 11.4 Å². The summed E-state index contributed by atoms with van der Waals surface area (Å²) in [6, 6.07) is 6.37. The van der Waals surface area contributed by atoms with Crippen molar-refractivity contribution < 1.29 is 4.92 Å². The van der Waals surface area contributed by atoms with Gasteiger partial charge in [0.15, 0.2) is 0 Å². The molecular weight excluding hydrogens is 268 g/mol. The molecule has 7 heteroatoms. The number of hydrogen-bond acceptors (Lipinski definition) is 4. The van der Waals surface area contributed by atoms with E-state index in [0.717, 1.165) is 12.1 Å². The number of aryl methyl sites for hydroxylation is 1. The number of hydrogen-bond donors (Lipinski definition) is 1. The van der Waals surface area contributed by atoms with Gasteiger partial charge < -0.3 is 5.32 Å². The fraction of sp³-hybridized carbons (Fsp3) is 0.250. The molecule has 2 aromatic rings. The predicted octanol–water partition coefficient (Wildman–Crippen LogP) is 2.64. The highest BCUT2D eigenvalue weighted by Crippen LogP contribution is 2.27. The van der Waals surface area contributed by atoms with Crippen LogP contribution in [0.5, 0.6) is 0 Å². The van der Waals surface area contributed by atoms with Gasteiger partial charge in [0.2, 0.25) is 0 Å². The highest BCUT2D eigenvalue weighted by Gasteiger charge is 2.13. The first-order chi connectivity index (χ1) is 9.08. The fourth-order valence-corrected chi connectivity index (χ4v) is 1.95. The summed E-state index contributed by atoms with van der Waals surface area (Å²) in [6.45, 7) is 0.570. The summed E-state index contributed by atoms with van der Waals surface area (Å²) in [6.07, 6.45) is 2.44. The largest absolute Gasteiger partial charge is 0.379 e. The molecule has 2 rings (SSSR count). The molecular formula is C12H13ClN4O2. The Morgan fingerprint density at radius 2 is 2.26 bits per heavy atom. The SMILES string of the molecule is Cn1nccc1CCNc1cc(Cl)ccc1[N+](=O)[O-]. The number of nitrogens with one attached hydrogen (secondary N) is 1. The van der Waals surface area contributed by atoms with E-state index in [1.807, 2.05) is 13.1 Å². The molecule has 0 bridgehead atoms. The van der Waals surface area contributed by atoms with Gasteiger partial charge in [0.05, 0.1) is 4.92 Å². The number of nitro groups is 1. The highest BCUT2D eigenvalue weighted by molar-refractivity contribution is 6.31. The van der Waals surface area contributed by atoms with Crippen molar-refractivity contribution in [2.24, 2.45) is 7.05 Å². The van der Waals surface area contributed by atoms with E-state index in [1.54, 1.807) is 16.9 Å². The first-order valence-corrected chi connectivity index (χ1v) is 6.10. The van der Waals surface area contributed by atoms with Gasteiger partial charge in [-0.25, -0.2) is 0 Å². The summed E-state index contributed by atoms with van der Waals surface area (Å²) in [5, 5.41) is 18.4. The molecule has 100 valence electrons. The van der Waals surface area contributed by atoms with Gasteiger partial charge in [-0.2, -0.15) is 5.10 Å². The first kappa shape index (κ1) is 13.4. The maximum atomic E-state index is 10.9. The van der Waals surface area contributed by atoms with Crippen molar-refractivity contribution in [2.45, 2.75) is 6.42 Å². The van der Waals surface area contributed by atoms with Crippen LogP contribution in [0.3, 0.4) is 0 Å². The van der Waals surface area contributed by atoms with E-state index >= 15 is 0 Å². The van der Waals surface area contributed by atoms with E-state index in [0.29, 0.717) is 17.3 Å². The van der Waals surface area contributed by atoms with E-state index < -0.39 is 4.92 Å². The number of nitro benzene ring substituents is 1. The lowest BCUT2D eigenvalue weighted by Gasteiger charge is -2.07. The molecule has 0 aliphatic rings. The lowest BCUT2D eigenvalue weighted by molar-refractivity contribution is -0.384. The van der Waals surface area contributed by atoms with Crippen molar-refractivity contribution in [3.63, 3.8) is 0 Å². The summed E-state index contributed by atoms with van der Waals surface area (Å²) >= 11 is 5.85. The Hall–Kier alpha value is -2.08. The molecule has 0 unspecified atom stereocenters. The minimum absolute atomic E-state index is 0.0226. The lowest BCUT2D eigenvalue weighted by atomic mass is 10.2. The molecule has 0 fully saturated rings. The summed E-state index contributed by atoms with van der Waals surface area (Å²) in [5.41, 5.74) is 1.51. The number of rotatable bonds is 5. The number of benzene rings is 1. The van der Waals surface area contributed by atoms with Crippen LogP contribution in [0.15, 0.2) is 30.5 Å². The second-order valence-corrected chi connectivity index (χ2v) is 4.48. The zero-order chi connectivity index (χ0) is 13.8. The molecule has 0 radical (unpaired) electrons. The van der Waals surface area contributed by atoms with Crippen LogP contribution in [0, 0.1) is 10.1 Å². The van der Waals surface area contributed by atoms with Gasteiger partial charge in [-0.1, -0.05) is 11.6 Å².